The maximum absolute atomic E-state index is 12.4. The summed E-state index contributed by atoms with van der Waals surface area (Å²) in [5, 5.41) is 2.93. The van der Waals surface area contributed by atoms with Gasteiger partial charge in [-0.2, -0.15) is 0 Å². The van der Waals surface area contributed by atoms with E-state index in [2.05, 4.69) is 17.4 Å². The number of fused-ring (bicyclic) bond motifs is 1. The highest BCUT2D eigenvalue weighted by Gasteiger charge is 2.27. The Morgan fingerprint density at radius 2 is 1.83 bits per heavy atom. The van der Waals surface area contributed by atoms with Crippen LogP contribution < -0.4 is 5.32 Å². The highest BCUT2D eigenvalue weighted by Crippen LogP contribution is 2.36. The molecule has 0 fully saturated rings. The first kappa shape index (κ1) is 16.6. The summed E-state index contributed by atoms with van der Waals surface area (Å²) >= 11 is 1.63. The van der Waals surface area contributed by atoms with E-state index < -0.39 is 0 Å². The summed E-state index contributed by atoms with van der Waals surface area (Å²) in [6, 6.07) is 15.5. The fraction of sp³-hybridized carbons (Fsp3) is 0.263. The van der Waals surface area contributed by atoms with Crippen LogP contribution in [0.25, 0.3) is 0 Å². The second-order valence-electron chi connectivity index (χ2n) is 6.03. The first-order chi connectivity index (χ1) is 11.5. The number of nitrogens with zero attached hydrogens (tertiary/aromatic N) is 1. The van der Waals surface area contributed by atoms with E-state index in [0.717, 1.165) is 12.0 Å². The molecule has 0 saturated carbocycles. The highest BCUT2D eigenvalue weighted by atomic mass is 32.2. The molecule has 0 spiro atoms. The molecule has 3 rings (SSSR count). The van der Waals surface area contributed by atoms with E-state index in [-0.39, 0.29) is 17.1 Å². The molecule has 5 heteroatoms. The van der Waals surface area contributed by atoms with Gasteiger partial charge in [-0.3, -0.25) is 9.59 Å². The van der Waals surface area contributed by atoms with Crippen molar-refractivity contribution in [1.29, 1.82) is 0 Å². The second-order valence-corrected chi connectivity index (χ2v) is 7.28. The third-order valence-electron chi connectivity index (χ3n) is 4.01. The lowest BCUT2D eigenvalue weighted by Gasteiger charge is -2.12. The Morgan fingerprint density at radius 1 is 1.12 bits per heavy atom. The second kappa shape index (κ2) is 7.09. The van der Waals surface area contributed by atoms with Crippen LogP contribution in [0.1, 0.15) is 21.5 Å². The monoisotopic (exact) mass is 340 g/mol. The van der Waals surface area contributed by atoms with Crippen LogP contribution in [-0.2, 0) is 17.8 Å². The molecule has 1 heterocycles. The molecule has 124 valence electrons. The summed E-state index contributed by atoms with van der Waals surface area (Å²) in [6.07, 6.45) is 0.781. The quantitative estimate of drug-likeness (QED) is 0.931. The van der Waals surface area contributed by atoms with E-state index in [9.17, 15) is 9.59 Å². The number of thioether (sulfide) groups is 1. The average molecular weight is 340 g/mol. The molecule has 0 aromatic heterocycles. The summed E-state index contributed by atoms with van der Waals surface area (Å²) in [7, 11) is 3.46. The van der Waals surface area contributed by atoms with Gasteiger partial charge in [0.15, 0.2) is 0 Å². The number of carbonyl (C=O) groups excluding carboxylic acids is 2. The smallest absolute Gasteiger partial charge is 0.253 e. The zero-order valence-electron chi connectivity index (χ0n) is 13.8. The summed E-state index contributed by atoms with van der Waals surface area (Å²) in [4.78, 5) is 27.0. The number of rotatable bonds is 4. The van der Waals surface area contributed by atoms with Crippen LogP contribution in [0.4, 0.5) is 0 Å². The van der Waals surface area contributed by atoms with Gasteiger partial charge >= 0.3 is 0 Å². The third kappa shape index (κ3) is 3.62. The molecule has 2 aromatic rings. The number of benzene rings is 2. The van der Waals surface area contributed by atoms with Gasteiger partial charge in [-0.05, 0) is 35.7 Å². The van der Waals surface area contributed by atoms with E-state index in [1.165, 1.54) is 10.5 Å². The molecular formula is C19H20N2O2S. The lowest BCUT2D eigenvalue weighted by Crippen LogP contribution is -2.32. The Hall–Kier alpha value is -2.27. The molecule has 1 aliphatic rings. The minimum atomic E-state index is -0.0583. The van der Waals surface area contributed by atoms with Crippen molar-refractivity contribution in [3.8, 4) is 0 Å². The van der Waals surface area contributed by atoms with Gasteiger partial charge in [0.1, 0.15) is 0 Å². The van der Waals surface area contributed by atoms with Gasteiger partial charge in [-0.25, -0.2) is 0 Å². The van der Waals surface area contributed by atoms with Crippen molar-refractivity contribution in [1.82, 2.24) is 10.2 Å². The van der Waals surface area contributed by atoms with Gasteiger partial charge in [0.2, 0.25) is 5.91 Å². The molecule has 1 unspecified atom stereocenters. The fourth-order valence-electron chi connectivity index (χ4n) is 2.65. The number of hydrogen-bond acceptors (Lipinski definition) is 3. The lowest BCUT2D eigenvalue weighted by molar-refractivity contribution is -0.120. The normalized spacial score (nSPS) is 15.7. The predicted molar refractivity (Wildman–Crippen MR) is 96.1 cm³/mol. The largest absolute Gasteiger partial charge is 0.351 e. The van der Waals surface area contributed by atoms with Crippen LogP contribution in [0.15, 0.2) is 53.4 Å². The maximum Gasteiger partial charge on any atom is 0.253 e. The summed E-state index contributed by atoms with van der Waals surface area (Å²) in [6.45, 7) is 0.475. The van der Waals surface area contributed by atoms with Gasteiger partial charge in [0.05, 0.1) is 5.25 Å². The summed E-state index contributed by atoms with van der Waals surface area (Å²) in [5.74, 6) is 0.0374. The molecule has 4 nitrogen and oxygen atoms in total. The molecule has 0 saturated heterocycles. The molecular weight excluding hydrogens is 320 g/mol. The molecule has 2 aromatic carbocycles. The first-order valence-electron chi connectivity index (χ1n) is 7.87. The number of nitrogens with one attached hydrogen (secondary N) is 1. The van der Waals surface area contributed by atoms with Crippen molar-refractivity contribution in [3.63, 3.8) is 0 Å². The van der Waals surface area contributed by atoms with Crippen LogP contribution in [0.5, 0.6) is 0 Å². The molecule has 0 aliphatic carbocycles. The van der Waals surface area contributed by atoms with Gasteiger partial charge in [-0.1, -0.05) is 30.3 Å². The third-order valence-corrected chi connectivity index (χ3v) is 5.33. The van der Waals surface area contributed by atoms with Crippen LogP contribution in [0, 0.1) is 0 Å². The Morgan fingerprint density at radius 3 is 2.50 bits per heavy atom. The first-order valence-corrected chi connectivity index (χ1v) is 8.75. The highest BCUT2D eigenvalue weighted by molar-refractivity contribution is 8.01. The average Bonchev–Trinajstić information content (AvgIpc) is 3.03. The van der Waals surface area contributed by atoms with Gasteiger partial charge in [0.25, 0.3) is 5.91 Å². The van der Waals surface area contributed by atoms with Crippen molar-refractivity contribution < 1.29 is 9.59 Å². The van der Waals surface area contributed by atoms with Crippen molar-refractivity contribution in [2.45, 2.75) is 23.1 Å². The van der Waals surface area contributed by atoms with Crippen molar-refractivity contribution >= 4 is 23.6 Å². The summed E-state index contributed by atoms with van der Waals surface area (Å²) in [5.41, 5.74) is 2.88. The van der Waals surface area contributed by atoms with E-state index in [4.69, 9.17) is 0 Å². The minimum absolute atomic E-state index is 0.0225. The number of amides is 2. The Balaban J connectivity index is 1.55. The maximum atomic E-state index is 12.4. The minimum Gasteiger partial charge on any atom is -0.351 e. The van der Waals surface area contributed by atoms with Crippen LogP contribution >= 0.6 is 11.8 Å². The Bertz CT molecular complexity index is 731. The fourth-order valence-corrected chi connectivity index (χ4v) is 3.87. The Labute approximate surface area is 146 Å². The molecule has 1 aliphatic heterocycles. The molecule has 2 amide bonds. The van der Waals surface area contributed by atoms with Crippen LogP contribution in [-0.4, -0.2) is 36.1 Å². The zero-order chi connectivity index (χ0) is 17.1. The molecule has 24 heavy (non-hydrogen) atoms. The predicted octanol–water partition coefficient (Wildman–Crippen LogP) is 2.72. The van der Waals surface area contributed by atoms with Crippen molar-refractivity contribution in [2.75, 3.05) is 14.1 Å². The molecule has 1 atom stereocenters. The van der Waals surface area contributed by atoms with E-state index in [1.807, 2.05) is 24.3 Å². The van der Waals surface area contributed by atoms with Gasteiger partial charge in [0, 0.05) is 31.1 Å². The van der Waals surface area contributed by atoms with Crippen LogP contribution in [0.3, 0.4) is 0 Å². The van der Waals surface area contributed by atoms with Crippen molar-refractivity contribution in [3.05, 3.63) is 65.2 Å². The van der Waals surface area contributed by atoms with Gasteiger partial charge in [-0.15, -0.1) is 11.8 Å². The standard InChI is InChI=1S/C19H20N2O2S/c1-21(2)19(23)14-9-7-13(8-10-14)12-20-18(22)17-11-15-5-3-4-6-16(15)24-17/h3-10,17H,11-12H2,1-2H3,(H,20,22). The SMILES string of the molecule is CN(C)C(=O)c1ccc(CNC(=O)C2Cc3ccccc3S2)cc1. The number of carbonyl (C=O) groups is 2. The van der Waals surface area contributed by atoms with E-state index >= 15 is 0 Å². The van der Waals surface area contributed by atoms with E-state index in [0.29, 0.717) is 12.1 Å². The van der Waals surface area contributed by atoms with Crippen LogP contribution in [0.2, 0.25) is 0 Å². The lowest BCUT2D eigenvalue weighted by atomic mass is 10.1. The zero-order valence-corrected chi connectivity index (χ0v) is 14.6. The Kier molecular flexibility index (Phi) is 4.90. The molecule has 0 bridgehead atoms. The summed E-state index contributed by atoms with van der Waals surface area (Å²) < 4.78 is 0. The topological polar surface area (TPSA) is 49.4 Å². The van der Waals surface area contributed by atoms with Gasteiger partial charge < -0.3 is 10.2 Å². The molecule has 1 N–H and O–H groups in total. The van der Waals surface area contributed by atoms with Crippen molar-refractivity contribution in [2.24, 2.45) is 0 Å². The number of hydrogen-bond donors (Lipinski definition) is 1. The molecule has 0 radical (unpaired) electrons. The van der Waals surface area contributed by atoms with E-state index in [1.54, 1.807) is 42.9 Å².